The lowest BCUT2D eigenvalue weighted by atomic mass is 10.1. The SMILES string of the molecule is Cc1cccc(NC(=O)N2CCc3c(c(COCc4cccc(F)c4)nn3C)C2)c1. The largest absolute Gasteiger partial charge is 0.370 e. The van der Waals surface area contributed by atoms with E-state index in [0.29, 0.717) is 26.3 Å². The molecule has 1 aliphatic heterocycles. The molecule has 0 atom stereocenters. The first-order valence-corrected chi connectivity index (χ1v) is 9.98. The van der Waals surface area contributed by atoms with Crippen LogP contribution in [0, 0.1) is 12.7 Å². The molecule has 0 radical (unpaired) electrons. The number of anilines is 1. The number of hydrogen-bond acceptors (Lipinski definition) is 3. The van der Waals surface area contributed by atoms with Gasteiger partial charge in [0.1, 0.15) is 5.82 Å². The first-order valence-electron chi connectivity index (χ1n) is 9.98. The zero-order valence-corrected chi connectivity index (χ0v) is 17.2. The number of urea groups is 1. The first-order chi connectivity index (χ1) is 14.5. The van der Waals surface area contributed by atoms with Gasteiger partial charge in [0.05, 0.1) is 25.5 Å². The third kappa shape index (κ3) is 4.52. The van der Waals surface area contributed by atoms with E-state index in [1.807, 2.05) is 49.0 Å². The molecule has 0 bridgehead atoms. The summed E-state index contributed by atoms with van der Waals surface area (Å²) in [5.74, 6) is -0.276. The van der Waals surface area contributed by atoms with Gasteiger partial charge >= 0.3 is 6.03 Å². The first kappa shape index (κ1) is 20.1. The van der Waals surface area contributed by atoms with E-state index in [4.69, 9.17) is 4.74 Å². The highest BCUT2D eigenvalue weighted by Crippen LogP contribution is 2.24. The molecule has 156 valence electrons. The van der Waals surface area contributed by atoms with Crippen LogP contribution in [0.5, 0.6) is 0 Å². The van der Waals surface area contributed by atoms with Crippen LogP contribution in [0.3, 0.4) is 0 Å². The van der Waals surface area contributed by atoms with Crippen molar-refractivity contribution in [2.24, 2.45) is 7.05 Å². The van der Waals surface area contributed by atoms with Gasteiger partial charge in [-0.25, -0.2) is 9.18 Å². The van der Waals surface area contributed by atoms with Crippen LogP contribution in [0.2, 0.25) is 0 Å². The quantitative estimate of drug-likeness (QED) is 0.689. The second-order valence-electron chi connectivity index (χ2n) is 7.59. The highest BCUT2D eigenvalue weighted by atomic mass is 19.1. The fourth-order valence-corrected chi connectivity index (χ4v) is 3.78. The third-order valence-corrected chi connectivity index (χ3v) is 5.28. The number of halogens is 1. The van der Waals surface area contributed by atoms with Crippen LogP contribution >= 0.6 is 0 Å². The van der Waals surface area contributed by atoms with Crippen molar-refractivity contribution in [2.45, 2.75) is 33.1 Å². The highest BCUT2D eigenvalue weighted by molar-refractivity contribution is 5.89. The van der Waals surface area contributed by atoms with Crippen molar-refractivity contribution < 1.29 is 13.9 Å². The molecular formula is C23H25FN4O2. The molecule has 1 aromatic heterocycles. The van der Waals surface area contributed by atoms with Gasteiger partial charge in [-0.1, -0.05) is 24.3 Å². The Labute approximate surface area is 175 Å². The van der Waals surface area contributed by atoms with Gasteiger partial charge in [0.15, 0.2) is 0 Å². The molecule has 7 heteroatoms. The molecule has 1 N–H and O–H groups in total. The van der Waals surface area contributed by atoms with Gasteiger partial charge in [-0.3, -0.25) is 4.68 Å². The summed E-state index contributed by atoms with van der Waals surface area (Å²) in [6.07, 6.45) is 0.740. The number of amides is 2. The summed E-state index contributed by atoms with van der Waals surface area (Å²) < 4.78 is 21.0. The summed E-state index contributed by atoms with van der Waals surface area (Å²) in [5, 5.41) is 7.56. The van der Waals surface area contributed by atoms with Gasteiger partial charge in [-0.05, 0) is 42.3 Å². The van der Waals surface area contributed by atoms with Crippen molar-refractivity contribution in [3.05, 3.63) is 82.4 Å². The molecule has 0 aliphatic carbocycles. The van der Waals surface area contributed by atoms with Gasteiger partial charge in [-0.2, -0.15) is 5.10 Å². The molecule has 2 amide bonds. The summed E-state index contributed by atoms with van der Waals surface area (Å²) in [4.78, 5) is 14.6. The molecular weight excluding hydrogens is 383 g/mol. The Morgan fingerprint density at radius 3 is 2.83 bits per heavy atom. The van der Waals surface area contributed by atoms with Gasteiger partial charge < -0.3 is 15.0 Å². The lowest BCUT2D eigenvalue weighted by Crippen LogP contribution is -2.39. The molecule has 3 aromatic rings. The Bertz CT molecular complexity index is 1060. The third-order valence-electron chi connectivity index (χ3n) is 5.28. The average Bonchev–Trinajstić information content (AvgIpc) is 3.03. The summed E-state index contributed by atoms with van der Waals surface area (Å²) in [6, 6.07) is 14.0. The number of fused-ring (bicyclic) bond motifs is 1. The van der Waals surface area contributed by atoms with E-state index in [0.717, 1.165) is 40.2 Å². The van der Waals surface area contributed by atoms with Gasteiger partial charge in [0, 0.05) is 37.0 Å². The second kappa shape index (κ2) is 8.67. The Morgan fingerprint density at radius 2 is 2.03 bits per heavy atom. The van der Waals surface area contributed by atoms with Crippen molar-refractivity contribution in [1.29, 1.82) is 0 Å². The fourth-order valence-electron chi connectivity index (χ4n) is 3.78. The van der Waals surface area contributed by atoms with E-state index >= 15 is 0 Å². The number of aromatic nitrogens is 2. The lowest BCUT2D eigenvalue weighted by Gasteiger charge is -2.28. The summed E-state index contributed by atoms with van der Waals surface area (Å²) in [5.41, 5.74) is 5.63. The van der Waals surface area contributed by atoms with Gasteiger partial charge in [0.25, 0.3) is 0 Å². The molecule has 4 rings (SSSR count). The summed E-state index contributed by atoms with van der Waals surface area (Å²) in [6.45, 7) is 3.73. The summed E-state index contributed by atoms with van der Waals surface area (Å²) in [7, 11) is 1.91. The minimum absolute atomic E-state index is 0.123. The van der Waals surface area contributed by atoms with Crippen LogP contribution < -0.4 is 5.32 Å². The number of rotatable bonds is 5. The van der Waals surface area contributed by atoms with E-state index in [-0.39, 0.29) is 11.8 Å². The number of carbonyl (C=O) groups is 1. The van der Waals surface area contributed by atoms with Crippen LogP contribution in [-0.2, 0) is 38.0 Å². The lowest BCUT2D eigenvalue weighted by molar-refractivity contribution is 0.103. The van der Waals surface area contributed by atoms with E-state index in [2.05, 4.69) is 10.4 Å². The Balaban J connectivity index is 1.41. The molecule has 6 nitrogen and oxygen atoms in total. The highest BCUT2D eigenvalue weighted by Gasteiger charge is 2.26. The van der Waals surface area contributed by atoms with Crippen LogP contribution in [0.15, 0.2) is 48.5 Å². The summed E-state index contributed by atoms with van der Waals surface area (Å²) >= 11 is 0. The maximum absolute atomic E-state index is 13.3. The Kier molecular flexibility index (Phi) is 5.81. The van der Waals surface area contributed by atoms with Crippen LogP contribution in [-0.4, -0.2) is 27.3 Å². The van der Waals surface area contributed by atoms with E-state index < -0.39 is 0 Å². The monoisotopic (exact) mass is 408 g/mol. The number of carbonyl (C=O) groups excluding carboxylic acids is 1. The maximum atomic E-state index is 13.3. The van der Waals surface area contributed by atoms with E-state index in [1.165, 1.54) is 12.1 Å². The Morgan fingerprint density at radius 1 is 1.20 bits per heavy atom. The van der Waals surface area contributed by atoms with E-state index in [9.17, 15) is 9.18 Å². The van der Waals surface area contributed by atoms with Gasteiger partial charge in [-0.15, -0.1) is 0 Å². The standard InChI is InChI=1S/C23H25FN4O2/c1-16-5-3-8-19(11-16)25-23(29)28-10-9-22-20(13-28)21(26-27(22)2)15-30-14-17-6-4-7-18(24)12-17/h3-8,11-12H,9-10,13-15H2,1-2H3,(H,25,29). The van der Waals surface area contributed by atoms with Crippen LogP contribution in [0.4, 0.5) is 14.9 Å². The predicted molar refractivity (Wildman–Crippen MR) is 112 cm³/mol. The second-order valence-corrected chi connectivity index (χ2v) is 7.59. The zero-order valence-electron chi connectivity index (χ0n) is 17.2. The number of ether oxygens (including phenoxy) is 1. The zero-order chi connectivity index (χ0) is 21.1. The fraction of sp³-hybridized carbons (Fsp3) is 0.304. The molecule has 30 heavy (non-hydrogen) atoms. The Hall–Kier alpha value is -3.19. The van der Waals surface area contributed by atoms with Crippen molar-refractivity contribution >= 4 is 11.7 Å². The van der Waals surface area contributed by atoms with Crippen molar-refractivity contribution in [2.75, 3.05) is 11.9 Å². The molecule has 2 aromatic carbocycles. The van der Waals surface area contributed by atoms with Gasteiger partial charge in [0.2, 0.25) is 0 Å². The minimum Gasteiger partial charge on any atom is -0.370 e. The number of nitrogens with zero attached hydrogens (tertiary/aromatic N) is 3. The molecule has 1 aliphatic rings. The maximum Gasteiger partial charge on any atom is 0.322 e. The van der Waals surface area contributed by atoms with Crippen LogP contribution in [0.25, 0.3) is 0 Å². The van der Waals surface area contributed by atoms with Crippen molar-refractivity contribution in [3.63, 3.8) is 0 Å². The van der Waals surface area contributed by atoms with Crippen molar-refractivity contribution in [1.82, 2.24) is 14.7 Å². The topological polar surface area (TPSA) is 59.4 Å². The number of aryl methyl sites for hydroxylation is 2. The molecule has 0 saturated heterocycles. The smallest absolute Gasteiger partial charge is 0.322 e. The average molecular weight is 408 g/mol. The number of nitrogens with one attached hydrogen (secondary N) is 1. The molecule has 0 fully saturated rings. The number of benzene rings is 2. The van der Waals surface area contributed by atoms with E-state index in [1.54, 1.807) is 11.0 Å². The number of hydrogen-bond donors (Lipinski definition) is 1. The molecule has 0 saturated carbocycles. The molecule has 0 unspecified atom stereocenters. The van der Waals surface area contributed by atoms with Crippen LogP contribution in [0.1, 0.15) is 28.1 Å². The molecule has 0 spiro atoms. The molecule has 2 heterocycles. The predicted octanol–water partition coefficient (Wildman–Crippen LogP) is 4.17. The van der Waals surface area contributed by atoms with Crippen molar-refractivity contribution in [3.8, 4) is 0 Å². The minimum atomic E-state index is -0.276. The normalized spacial score (nSPS) is 13.2.